The van der Waals surface area contributed by atoms with Crippen LogP contribution >= 0.6 is 11.6 Å². The molecule has 0 spiro atoms. The van der Waals surface area contributed by atoms with Gasteiger partial charge in [-0.3, -0.25) is 0 Å². The molecule has 0 aromatic heterocycles. The fourth-order valence-electron chi connectivity index (χ4n) is 1.86. The van der Waals surface area contributed by atoms with Crippen LogP contribution in [0.1, 0.15) is 64.2 Å². The van der Waals surface area contributed by atoms with Crippen LogP contribution in [0.4, 0.5) is 0 Å². The molecule has 0 bridgehead atoms. The smallest absolute Gasteiger partial charge is 0.146 e. The molecule has 0 aliphatic carbocycles. The minimum atomic E-state index is 0.433. The lowest BCUT2D eigenvalue weighted by Crippen LogP contribution is -1.98. The van der Waals surface area contributed by atoms with Crippen molar-refractivity contribution < 1.29 is 9.47 Å². The first-order valence-corrected chi connectivity index (χ1v) is 7.58. The van der Waals surface area contributed by atoms with Crippen LogP contribution in [0.3, 0.4) is 0 Å². The van der Waals surface area contributed by atoms with Crippen LogP contribution in [0.15, 0.2) is 0 Å². The normalized spacial score (nSPS) is 10.9. The first kappa shape index (κ1) is 17.2. The largest absolute Gasteiger partial charge is 0.359 e. The first-order chi connectivity index (χ1) is 8.41. The van der Waals surface area contributed by atoms with E-state index in [-0.39, 0.29) is 0 Å². The third-order valence-corrected chi connectivity index (χ3v) is 3.14. The minimum Gasteiger partial charge on any atom is -0.359 e. The van der Waals surface area contributed by atoms with Gasteiger partial charge in [0.1, 0.15) is 6.79 Å². The average molecular weight is 265 g/mol. The molecule has 0 aromatic carbocycles. The summed E-state index contributed by atoms with van der Waals surface area (Å²) in [5.74, 6) is 0.825. The highest BCUT2D eigenvalue weighted by Gasteiger charge is 1.93. The predicted molar refractivity (Wildman–Crippen MR) is 74.7 cm³/mol. The number of alkyl halides is 1. The highest BCUT2D eigenvalue weighted by atomic mass is 35.5. The van der Waals surface area contributed by atoms with Crippen molar-refractivity contribution in [3.63, 3.8) is 0 Å². The Labute approximate surface area is 112 Å². The van der Waals surface area contributed by atoms with Crippen molar-refractivity contribution in [2.24, 2.45) is 0 Å². The van der Waals surface area contributed by atoms with E-state index in [4.69, 9.17) is 21.1 Å². The van der Waals surface area contributed by atoms with Crippen LogP contribution in [0.2, 0.25) is 0 Å². The van der Waals surface area contributed by atoms with Gasteiger partial charge in [-0.1, -0.05) is 51.4 Å². The fraction of sp³-hybridized carbons (Fsp3) is 1.00. The Morgan fingerprint density at radius 3 is 1.65 bits per heavy atom. The van der Waals surface area contributed by atoms with Gasteiger partial charge in [-0.15, -0.1) is 11.6 Å². The maximum atomic E-state index is 5.63. The number of methoxy groups -OCH3 is 1. The molecule has 0 N–H and O–H groups in total. The number of ether oxygens (including phenoxy) is 2. The van der Waals surface area contributed by atoms with Crippen LogP contribution in [-0.4, -0.2) is 26.4 Å². The minimum absolute atomic E-state index is 0.433. The van der Waals surface area contributed by atoms with Gasteiger partial charge >= 0.3 is 0 Å². The average Bonchev–Trinajstić information content (AvgIpc) is 2.35. The first-order valence-electron chi connectivity index (χ1n) is 7.04. The third kappa shape index (κ3) is 16.2. The zero-order valence-corrected chi connectivity index (χ0v) is 12.1. The van der Waals surface area contributed by atoms with E-state index >= 15 is 0 Å². The van der Waals surface area contributed by atoms with Crippen molar-refractivity contribution in [2.45, 2.75) is 64.2 Å². The van der Waals surface area contributed by atoms with E-state index in [0.717, 1.165) is 12.5 Å². The maximum absolute atomic E-state index is 5.63. The molecule has 0 unspecified atom stereocenters. The molecule has 0 aliphatic heterocycles. The van der Waals surface area contributed by atoms with Gasteiger partial charge in [0.2, 0.25) is 0 Å². The Balaban J connectivity index is 2.85. The van der Waals surface area contributed by atoms with Crippen molar-refractivity contribution in [1.29, 1.82) is 0 Å². The van der Waals surface area contributed by atoms with Crippen molar-refractivity contribution in [3.8, 4) is 0 Å². The summed E-state index contributed by atoms with van der Waals surface area (Å²) in [6.45, 7) is 1.27. The molecule has 0 saturated heterocycles. The van der Waals surface area contributed by atoms with Gasteiger partial charge in [0, 0.05) is 19.6 Å². The zero-order valence-electron chi connectivity index (χ0n) is 11.4. The maximum Gasteiger partial charge on any atom is 0.146 e. The summed E-state index contributed by atoms with van der Waals surface area (Å²) in [4.78, 5) is 0. The molecule has 0 heterocycles. The van der Waals surface area contributed by atoms with Gasteiger partial charge in [-0.2, -0.15) is 0 Å². The number of halogens is 1. The predicted octanol–water partition coefficient (Wildman–Crippen LogP) is 4.75. The summed E-state index contributed by atoms with van der Waals surface area (Å²) in [6.07, 6.45) is 13.2. The van der Waals surface area contributed by atoms with Crippen molar-refractivity contribution in [1.82, 2.24) is 0 Å². The summed E-state index contributed by atoms with van der Waals surface area (Å²) in [5, 5.41) is 0. The number of hydrogen-bond acceptors (Lipinski definition) is 2. The molecule has 0 radical (unpaired) electrons. The number of unbranched alkanes of at least 4 members (excludes halogenated alkanes) is 9. The van der Waals surface area contributed by atoms with E-state index in [2.05, 4.69) is 0 Å². The van der Waals surface area contributed by atoms with Gasteiger partial charge in [-0.05, 0) is 12.8 Å². The molecule has 17 heavy (non-hydrogen) atoms. The van der Waals surface area contributed by atoms with E-state index in [0.29, 0.717) is 6.79 Å². The second-order valence-electron chi connectivity index (χ2n) is 4.54. The Bertz CT molecular complexity index is 117. The Kier molecular flexibility index (Phi) is 16.4. The molecule has 0 aromatic rings. The van der Waals surface area contributed by atoms with Crippen LogP contribution in [-0.2, 0) is 9.47 Å². The lowest BCUT2D eigenvalue weighted by molar-refractivity contribution is -0.0315. The number of rotatable bonds is 14. The lowest BCUT2D eigenvalue weighted by atomic mass is 10.1. The molecular formula is C14H29ClO2. The SMILES string of the molecule is COCOCCCCCCCCCCCCCl. The molecule has 0 saturated carbocycles. The molecule has 0 rings (SSSR count). The highest BCUT2D eigenvalue weighted by Crippen LogP contribution is 2.10. The van der Waals surface area contributed by atoms with Crippen LogP contribution in [0.5, 0.6) is 0 Å². The molecule has 0 atom stereocenters. The summed E-state index contributed by atoms with van der Waals surface area (Å²) >= 11 is 5.63. The highest BCUT2D eigenvalue weighted by molar-refractivity contribution is 6.17. The van der Waals surface area contributed by atoms with Crippen LogP contribution in [0, 0.1) is 0 Å². The van der Waals surface area contributed by atoms with E-state index in [1.807, 2.05) is 0 Å². The standard InChI is InChI=1S/C14H29ClO2/c1-16-14-17-13-11-9-7-5-3-2-4-6-8-10-12-15/h2-14H2,1H3. The van der Waals surface area contributed by atoms with Gasteiger partial charge in [0.05, 0.1) is 0 Å². The summed E-state index contributed by atoms with van der Waals surface area (Å²) in [6, 6.07) is 0. The Hall–Kier alpha value is 0.210. The van der Waals surface area contributed by atoms with Crippen molar-refractivity contribution in [2.75, 3.05) is 26.4 Å². The Morgan fingerprint density at radius 2 is 1.18 bits per heavy atom. The van der Waals surface area contributed by atoms with Gasteiger partial charge < -0.3 is 9.47 Å². The summed E-state index contributed by atoms with van der Waals surface area (Å²) < 4.78 is 10.0. The third-order valence-electron chi connectivity index (χ3n) is 2.87. The van der Waals surface area contributed by atoms with Gasteiger partial charge in [-0.25, -0.2) is 0 Å². The molecule has 104 valence electrons. The molecule has 0 fully saturated rings. The van der Waals surface area contributed by atoms with Gasteiger partial charge in [0.25, 0.3) is 0 Å². The number of hydrogen-bond donors (Lipinski definition) is 0. The van der Waals surface area contributed by atoms with Crippen molar-refractivity contribution in [3.05, 3.63) is 0 Å². The van der Waals surface area contributed by atoms with E-state index in [1.54, 1.807) is 7.11 Å². The lowest BCUT2D eigenvalue weighted by Gasteiger charge is -2.03. The van der Waals surface area contributed by atoms with Crippen molar-refractivity contribution >= 4 is 11.6 Å². The Morgan fingerprint density at radius 1 is 0.706 bits per heavy atom. The molecule has 0 aliphatic rings. The monoisotopic (exact) mass is 264 g/mol. The van der Waals surface area contributed by atoms with E-state index < -0.39 is 0 Å². The second-order valence-corrected chi connectivity index (χ2v) is 4.92. The zero-order chi connectivity index (χ0) is 12.6. The van der Waals surface area contributed by atoms with Crippen LogP contribution < -0.4 is 0 Å². The van der Waals surface area contributed by atoms with E-state index in [1.165, 1.54) is 64.2 Å². The second kappa shape index (κ2) is 16.2. The molecular weight excluding hydrogens is 236 g/mol. The summed E-state index contributed by atoms with van der Waals surface area (Å²) in [5.41, 5.74) is 0. The molecule has 3 heteroatoms. The fourth-order valence-corrected chi connectivity index (χ4v) is 2.04. The quantitative estimate of drug-likeness (QED) is 0.256. The van der Waals surface area contributed by atoms with Gasteiger partial charge in [0.15, 0.2) is 0 Å². The van der Waals surface area contributed by atoms with Crippen LogP contribution in [0.25, 0.3) is 0 Å². The summed E-state index contributed by atoms with van der Waals surface area (Å²) in [7, 11) is 1.66. The molecule has 0 amide bonds. The van der Waals surface area contributed by atoms with E-state index in [9.17, 15) is 0 Å². The topological polar surface area (TPSA) is 18.5 Å². The molecule has 2 nitrogen and oxygen atoms in total.